The van der Waals surface area contributed by atoms with E-state index in [1.54, 1.807) is 0 Å². The van der Waals surface area contributed by atoms with E-state index in [1.807, 2.05) is 0 Å². The standard InChI is InChI=1S/C16H26O2Si2/c1-6-17-20(5,14-10-7-8-11-14)16-13-9-12-15(16)18-19(2,3)4/h7,10-13H,6,8-9H2,1-5H3. The van der Waals surface area contributed by atoms with Crippen molar-refractivity contribution in [2.45, 2.75) is 46.0 Å². The number of rotatable bonds is 6. The smallest absolute Gasteiger partial charge is 0.255 e. The lowest BCUT2D eigenvalue weighted by atomic mass is 10.5. The van der Waals surface area contributed by atoms with Gasteiger partial charge in [0.05, 0.1) is 0 Å². The first-order chi connectivity index (χ1) is 9.37. The van der Waals surface area contributed by atoms with Crippen molar-refractivity contribution in [1.82, 2.24) is 0 Å². The molecular weight excluding hydrogens is 280 g/mol. The molecule has 0 aromatic carbocycles. The van der Waals surface area contributed by atoms with Gasteiger partial charge in [-0.25, -0.2) is 0 Å². The van der Waals surface area contributed by atoms with Crippen LogP contribution in [0.3, 0.4) is 0 Å². The van der Waals surface area contributed by atoms with Crippen molar-refractivity contribution in [2.24, 2.45) is 0 Å². The van der Waals surface area contributed by atoms with E-state index < -0.39 is 16.6 Å². The van der Waals surface area contributed by atoms with Gasteiger partial charge in [0, 0.05) is 11.8 Å². The van der Waals surface area contributed by atoms with Crippen LogP contribution in [-0.4, -0.2) is 23.2 Å². The maximum absolute atomic E-state index is 6.30. The minimum Gasteiger partial charge on any atom is -0.545 e. The molecule has 0 radical (unpaired) electrons. The fourth-order valence-corrected chi connectivity index (χ4v) is 7.01. The van der Waals surface area contributed by atoms with E-state index in [1.165, 1.54) is 10.4 Å². The third-order valence-corrected chi connectivity index (χ3v) is 8.23. The van der Waals surface area contributed by atoms with E-state index in [0.717, 1.165) is 25.2 Å². The lowest BCUT2D eigenvalue weighted by Gasteiger charge is -2.32. The van der Waals surface area contributed by atoms with E-state index in [0.29, 0.717) is 0 Å². The molecule has 1 unspecified atom stereocenters. The molecule has 0 spiro atoms. The summed E-state index contributed by atoms with van der Waals surface area (Å²) in [5.74, 6) is 1.09. The maximum atomic E-state index is 6.30. The first kappa shape index (κ1) is 15.5. The van der Waals surface area contributed by atoms with E-state index in [4.69, 9.17) is 8.85 Å². The van der Waals surface area contributed by atoms with Crippen molar-refractivity contribution in [3.05, 3.63) is 46.5 Å². The molecule has 0 saturated heterocycles. The Morgan fingerprint density at radius 2 is 1.80 bits per heavy atom. The quantitative estimate of drug-likeness (QED) is 0.666. The molecule has 2 aliphatic rings. The predicted octanol–water partition coefficient (Wildman–Crippen LogP) is 4.63. The Labute approximate surface area is 125 Å². The van der Waals surface area contributed by atoms with Crippen LogP contribution < -0.4 is 0 Å². The van der Waals surface area contributed by atoms with Crippen LogP contribution in [0.1, 0.15) is 19.8 Å². The van der Waals surface area contributed by atoms with E-state index in [-0.39, 0.29) is 0 Å². The second-order valence-electron chi connectivity index (χ2n) is 6.40. The summed E-state index contributed by atoms with van der Waals surface area (Å²) in [5, 5.41) is 2.72. The van der Waals surface area contributed by atoms with Gasteiger partial charge in [-0.1, -0.05) is 24.3 Å². The fourth-order valence-electron chi connectivity index (χ4n) is 2.77. The second kappa shape index (κ2) is 5.87. The Morgan fingerprint density at radius 3 is 2.35 bits per heavy atom. The van der Waals surface area contributed by atoms with Gasteiger partial charge >= 0.3 is 0 Å². The fraction of sp³-hybridized carbons (Fsp3) is 0.500. The lowest BCUT2D eigenvalue weighted by molar-refractivity contribution is 0.334. The number of hydrogen-bond acceptors (Lipinski definition) is 2. The molecule has 2 nitrogen and oxygen atoms in total. The molecule has 0 bridgehead atoms. The highest BCUT2D eigenvalue weighted by Crippen LogP contribution is 2.37. The van der Waals surface area contributed by atoms with Crippen molar-refractivity contribution in [3.63, 3.8) is 0 Å². The van der Waals surface area contributed by atoms with E-state index in [2.05, 4.69) is 63.5 Å². The highest BCUT2D eigenvalue weighted by molar-refractivity contribution is 6.88. The van der Waals surface area contributed by atoms with Gasteiger partial charge in [-0.15, -0.1) is 0 Å². The molecule has 0 aromatic rings. The number of hydrogen-bond donors (Lipinski definition) is 0. The van der Waals surface area contributed by atoms with Gasteiger partial charge in [0.2, 0.25) is 8.32 Å². The minimum atomic E-state index is -2.08. The molecule has 1 atom stereocenters. The third-order valence-electron chi connectivity index (χ3n) is 3.58. The molecule has 4 heteroatoms. The summed E-state index contributed by atoms with van der Waals surface area (Å²) in [6.07, 6.45) is 13.3. The zero-order valence-corrected chi connectivity index (χ0v) is 15.3. The van der Waals surface area contributed by atoms with Gasteiger partial charge < -0.3 is 8.85 Å². The molecule has 0 aromatic heterocycles. The Kier molecular flexibility index (Phi) is 4.57. The van der Waals surface area contributed by atoms with Crippen LogP contribution in [0.2, 0.25) is 26.2 Å². The first-order valence-corrected chi connectivity index (χ1v) is 13.3. The van der Waals surface area contributed by atoms with Crippen LogP contribution >= 0.6 is 0 Å². The van der Waals surface area contributed by atoms with Crippen LogP contribution in [-0.2, 0) is 8.85 Å². The summed E-state index contributed by atoms with van der Waals surface area (Å²) in [4.78, 5) is 0. The van der Waals surface area contributed by atoms with Gasteiger partial charge in [0.25, 0.3) is 8.32 Å². The van der Waals surface area contributed by atoms with Crippen LogP contribution in [0.15, 0.2) is 46.5 Å². The van der Waals surface area contributed by atoms with E-state index in [9.17, 15) is 0 Å². The Hall–Kier alpha value is -0.846. The molecule has 0 aliphatic heterocycles. The molecule has 0 saturated carbocycles. The van der Waals surface area contributed by atoms with Gasteiger partial charge in [-0.05, 0) is 57.2 Å². The van der Waals surface area contributed by atoms with Crippen molar-refractivity contribution in [3.8, 4) is 0 Å². The van der Waals surface area contributed by atoms with Crippen LogP contribution in [0, 0.1) is 0 Å². The van der Waals surface area contributed by atoms with Crippen molar-refractivity contribution >= 4 is 16.6 Å². The molecule has 20 heavy (non-hydrogen) atoms. The monoisotopic (exact) mass is 306 g/mol. The summed E-state index contributed by atoms with van der Waals surface area (Å²) >= 11 is 0. The second-order valence-corrected chi connectivity index (χ2v) is 14.3. The molecule has 0 heterocycles. The summed E-state index contributed by atoms with van der Waals surface area (Å²) in [6, 6.07) is 0. The topological polar surface area (TPSA) is 18.5 Å². The zero-order chi connectivity index (χ0) is 14.8. The average molecular weight is 307 g/mol. The van der Waals surface area contributed by atoms with Crippen LogP contribution in [0.4, 0.5) is 0 Å². The lowest BCUT2D eigenvalue weighted by Crippen LogP contribution is -2.41. The number of allylic oxidation sites excluding steroid dienone is 7. The molecule has 0 fully saturated rings. The minimum absolute atomic E-state index is 0.755. The zero-order valence-electron chi connectivity index (χ0n) is 13.3. The predicted molar refractivity (Wildman–Crippen MR) is 90.3 cm³/mol. The highest BCUT2D eigenvalue weighted by Gasteiger charge is 2.41. The molecular formula is C16H26O2Si2. The summed E-state index contributed by atoms with van der Waals surface area (Å²) in [7, 11) is -3.67. The molecule has 0 N–H and O–H groups in total. The van der Waals surface area contributed by atoms with E-state index >= 15 is 0 Å². The van der Waals surface area contributed by atoms with Crippen molar-refractivity contribution in [2.75, 3.05) is 6.61 Å². The largest absolute Gasteiger partial charge is 0.545 e. The van der Waals surface area contributed by atoms with Crippen LogP contribution in [0.25, 0.3) is 0 Å². The Balaban J connectivity index is 2.30. The van der Waals surface area contributed by atoms with Gasteiger partial charge in [-0.2, -0.15) is 0 Å². The average Bonchev–Trinajstić information content (AvgIpc) is 2.96. The molecule has 2 aliphatic carbocycles. The first-order valence-electron chi connectivity index (χ1n) is 7.48. The summed E-state index contributed by atoms with van der Waals surface area (Å²) < 4.78 is 12.6. The third kappa shape index (κ3) is 3.24. The maximum Gasteiger partial charge on any atom is 0.255 e. The molecule has 110 valence electrons. The van der Waals surface area contributed by atoms with Crippen molar-refractivity contribution < 1.29 is 8.85 Å². The molecule has 0 amide bonds. The van der Waals surface area contributed by atoms with Crippen LogP contribution in [0.5, 0.6) is 0 Å². The van der Waals surface area contributed by atoms with Gasteiger partial charge in [0.1, 0.15) is 5.76 Å². The van der Waals surface area contributed by atoms with Gasteiger partial charge in [-0.3, -0.25) is 0 Å². The summed E-state index contributed by atoms with van der Waals surface area (Å²) in [6.45, 7) is 11.8. The normalized spacial score (nSPS) is 21.4. The van der Waals surface area contributed by atoms with Crippen molar-refractivity contribution in [1.29, 1.82) is 0 Å². The van der Waals surface area contributed by atoms with Gasteiger partial charge in [0.15, 0.2) is 0 Å². The molecule has 2 rings (SSSR count). The SMILES string of the molecule is CCO[Si](C)(C1=CCC=C1)C1=CCC=C1O[Si](C)(C)C. The Morgan fingerprint density at radius 1 is 1.05 bits per heavy atom. The Bertz CT molecular complexity index is 495. The highest BCUT2D eigenvalue weighted by atomic mass is 28.4. The summed E-state index contributed by atoms with van der Waals surface area (Å²) in [5.41, 5.74) is 0.